The monoisotopic (exact) mass is 277 g/mol. The van der Waals surface area contributed by atoms with Crippen LogP contribution in [0.3, 0.4) is 0 Å². The summed E-state index contributed by atoms with van der Waals surface area (Å²) in [7, 11) is 0. The molecule has 1 atom stereocenters. The first kappa shape index (κ1) is 13.5. The molecule has 2 nitrogen and oxygen atoms in total. The molecule has 0 aliphatic rings. The van der Waals surface area contributed by atoms with Gasteiger partial charge in [0.25, 0.3) is 0 Å². The minimum absolute atomic E-state index is 0.207. The normalized spacial score (nSPS) is 12.3. The second-order valence-corrected chi connectivity index (χ2v) is 5.45. The lowest BCUT2D eigenvalue weighted by molar-refractivity contribution is 0.481. The van der Waals surface area contributed by atoms with Gasteiger partial charge in [-0.25, -0.2) is 0 Å². The number of hydrogen-bond donors (Lipinski definition) is 2. The Labute approximate surface area is 125 Å². The highest BCUT2D eigenvalue weighted by molar-refractivity contribution is 5.97. The highest BCUT2D eigenvalue weighted by Crippen LogP contribution is 2.31. The molecule has 0 heterocycles. The van der Waals surface area contributed by atoms with Crippen molar-refractivity contribution < 1.29 is 5.11 Å². The highest BCUT2D eigenvalue weighted by Gasteiger charge is 2.08. The fourth-order valence-electron chi connectivity index (χ4n) is 2.59. The van der Waals surface area contributed by atoms with E-state index in [9.17, 15) is 5.11 Å². The zero-order valence-corrected chi connectivity index (χ0v) is 12.3. The van der Waals surface area contributed by atoms with Crippen molar-refractivity contribution in [1.82, 2.24) is 0 Å². The van der Waals surface area contributed by atoms with E-state index < -0.39 is 0 Å². The van der Waals surface area contributed by atoms with Gasteiger partial charge in [-0.3, -0.25) is 0 Å². The van der Waals surface area contributed by atoms with Crippen LogP contribution in [0.25, 0.3) is 10.8 Å². The largest absolute Gasteiger partial charge is 0.507 e. The maximum atomic E-state index is 9.95. The molecule has 0 aliphatic carbocycles. The molecule has 1 unspecified atom stereocenters. The van der Waals surface area contributed by atoms with Crippen molar-refractivity contribution in [3.8, 4) is 5.75 Å². The van der Waals surface area contributed by atoms with Gasteiger partial charge in [-0.2, -0.15) is 0 Å². The molecule has 0 saturated heterocycles. The SMILES string of the molecule is Cc1ccc(C(C)Nc2cccc3c(O)cccc23)cc1. The Hall–Kier alpha value is -2.48. The fraction of sp³-hybridized carbons (Fsp3) is 0.158. The number of benzene rings is 3. The Kier molecular flexibility index (Phi) is 3.53. The fourth-order valence-corrected chi connectivity index (χ4v) is 2.59. The summed E-state index contributed by atoms with van der Waals surface area (Å²) in [5.74, 6) is 0.319. The third-order valence-corrected chi connectivity index (χ3v) is 3.85. The van der Waals surface area contributed by atoms with Gasteiger partial charge in [-0.15, -0.1) is 0 Å². The Morgan fingerprint density at radius 2 is 1.52 bits per heavy atom. The van der Waals surface area contributed by atoms with Crippen molar-refractivity contribution >= 4 is 16.5 Å². The van der Waals surface area contributed by atoms with Crippen LogP contribution in [0.2, 0.25) is 0 Å². The molecule has 21 heavy (non-hydrogen) atoms. The molecule has 3 rings (SSSR count). The molecular weight excluding hydrogens is 258 g/mol. The number of nitrogens with one attached hydrogen (secondary N) is 1. The second-order valence-electron chi connectivity index (χ2n) is 5.45. The summed E-state index contributed by atoms with van der Waals surface area (Å²) in [6.07, 6.45) is 0. The lowest BCUT2D eigenvalue weighted by atomic mass is 10.0. The number of aromatic hydroxyl groups is 1. The molecule has 0 aromatic heterocycles. The summed E-state index contributed by atoms with van der Waals surface area (Å²) in [6.45, 7) is 4.24. The van der Waals surface area contributed by atoms with Crippen molar-refractivity contribution in [1.29, 1.82) is 0 Å². The molecule has 106 valence electrons. The van der Waals surface area contributed by atoms with Crippen LogP contribution in [0.1, 0.15) is 24.1 Å². The Morgan fingerprint density at radius 1 is 0.857 bits per heavy atom. The van der Waals surface area contributed by atoms with E-state index in [1.165, 1.54) is 11.1 Å². The van der Waals surface area contributed by atoms with E-state index in [2.05, 4.69) is 43.4 Å². The first-order valence-corrected chi connectivity index (χ1v) is 7.19. The Bertz CT molecular complexity index is 762. The van der Waals surface area contributed by atoms with Crippen molar-refractivity contribution in [2.45, 2.75) is 19.9 Å². The predicted octanol–water partition coefficient (Wildman–Crippen LogP) is 5.03. The predicted molar refractivity (Wildman–Crippen MR) is 88.8 cm³/mol. The lowest BCUT2D eigenvalue weighted by Gasteiger charge is -2.18. The minimum Gasteiger partial charge on any atom is -0.507 e. The number of rotatable bonds is 3. The van der Waals surface area contributed by atoms with Crippen molar-refractivity contribution in [3.63, 3.8) is 0 Å². The van der Waals surface area contributed by atoms with E-state index in [1.54, 1.807) is 6.07 Å². The number of aryl methyl sites for hydroxylation is 1. The standard InChI is InChI=1S/C19H19NO/c1-13-9-11-15(12-10-13)14(2)20-18-7-3-6-17-16(18)5-4-8-19(17)21/h3-12,14,20-21H,1-2H3. The Morgan fingerprint density at radius 3 is 2.29 bits per heavy atom. The van der Waals surface area contributed by atoms with E-state index in [1.807, 2.05) is 30.3 Å². The summed E-state index contributed by atoms with van der Waals surface area (Å²) in [6, 6.07) is 20.3. The van der Waals surface area contributed by atoms with Crippen molar-refractivity contribution in [2.24, 2.45) is 0 Å². The summed E-state index contributed by atoms with van der Waals surface area (Å²) >= 11 is 0. The topological polar surface area (TPSA) is 32.3 Å². The first-order valence-electron chi connectivity index (χ1n) is 7.19. The van der Waals surface area contributed by atoms with Gasteiger partial charge in [-0.05, 0) is 31.5 Å². The van der Waals surface area contributed by atoms with Gasteiger partial charge < -0.3 is 10.4 Å². The highest BCUT2D eigenvalue weighted by atomic mass is 16.3. The van der Waals surface area contributed by atoms with Crippen LogP contribution < -0.4 is 5.32 Å². The van der Waals surface area contributed by atoms with Gasteiger partial charge in [-0.1, -0.05) is 54.1 Å². The zero-order valence-electron chi connectivity index (χ0n) is 12.3. The zero-order chi connectivity index (χ0) is 14.8. The molecule has 0 saturated carbocycles. The van der Waals surface area contributed by atoms with Crippen molar-refractivity contribution in [3.05, 3.63) is 71.8 Å². The molecular formula is C19H19NO. The number of hydrogen-bond acceptors (Lipinski definition) is 2. The van der Waals surface area contributed by atoms with E-state index in [0.717, 1.165) is 16.5 Å². The van der Waals surface area contributed by atoms with Gasteiger partial charge in [0.1, 0.15) is 5.75 Å². The summed E-state index contributed by atoms with van der Waals surface area (Å²) < 4.78 is 0. The van der Waals surface area contributed by atoms with Gasteiger partial charge in [0.2, 0.25) is 0 Å². The average Bonchev–Trinajstić information content (AvgIpc) is 2.49. The molecule has 0 aliphatic heterocycles. The smallest absolute Gasteiger partial charge is 0.123 e. The van der Waals surface area contributed by atoms with Crippen molar-refractivity contribution in [2.75, 3.05) is 5.32 Å². The van der Waals surface area contributed by atoms with E-state index >= 15 is 0 Å². The average molecular weight is 277 g/mol. The van der Waals surface area contributed by atoms with Crippen LogP contribution in [0.5, 0.6) is 5.75 Å². The van der Waals surface area contributed by atoms with Gasteiger partial charge in [0.15, 0.2) is 0 Å². The molecule has 0 bridgehead atoms. The maximum absolute atomic E-state index is 9.95. The van der Waals surface area contributed by atoms with E-state index in [0.29, 0.717) is 5.75 Å². The number of phenols is 1. The molecule has 0 spiro atoms. The minimum atomic E-state index is 0.207. The van der Waals surface area contributed by atoms with E-state index in [4.69, 9.17) is 0 Å². The summed E-state index contributed by atoms with van der Waals surface area (Å²) in [5, 5.41) is 15.4. The van der Waals surface area contributed by atoms with Gasteiger partial charge in [0, 0.05) is 22.5 Å². The second kappa shape index (κ2) is 5.49. The molecule has 0 amide bonds. The summed E-state index contributed by atoms with van der Waals surface area (Å²) in [5.41, 5.74) is 3.55. The Balaban J connectivity index is 1.94. The van der Waals surface area contributed by atoms with Crippen LogP contribution in [-0.2, 0) is 0 Å². The molecule has 3 aromatic carbocycles. The molecule has 0 radical (unpaired) electrons. The number of fused-ring (bicyclic) bond motifs is 1. The van der Waals surface area contributed by atoms with Crippen LogP contribution in [0.4, 0.5) is 5.69 Å². The van der Waals surface area contributed by atoms with E-state index in [-0.39, 0.29) is 6.04 Å². The number of anilines is 1. The summed E-state index contributed by atoms with van der Waals surface area (Å²) in [4.78, 5) is 0. The van der Waals surface area contributed by atoms with Crippen LogP contribution in [0.15, 0.2) is 60.7 Å². The number of phenolic OH excluding ortho intramolecular Hbond substituents is 1. The van der Waals surface area contributed by atoms with Gasteiger partial charge in [0.05, 0.1) is 0 Å². The molecule has 2 heteroatoms. The quantitative estimate of drug-likeness (QED) is 0.704. The van der Waals surface area contributed by atoms with Gasteiger partial charge >= 0.3 is 0 Å². The lowest BCUT2D eigenvalue weighted by Crippen LogP contribution is -2.06. The molecule has 2 N–H and O–H groups in total. The molecule has 3 aromatic rings. The first-order chi connectivity index (χ1) is 10.1. The van der Waals surface area contributed by atoms with Crippen LogP contribution in [0, 0.1) is 6.92 Å². The van der Waals surface area contributed by atoms with Crippen LogP contribution >= 0.6 is 0 Å². The van der Waals surface area contributed by atoms with Crippen LogP contribution in [-0.4, -0.2) is 5.11 Å². The third-order valence-electron chi connectivity index (χ3n) is 3.85. The molecule has 0 fully saturated rings. The maximum Gasteiger partial charge on any atom is 0.123 e. The third kappa shape index (κ3) is 2.70.